The minimum Gasteiger partial charge on any atom is -0.382 e. The lowest BCUT2D eigenvalue weighted by atomic mass is 10.0. The molecular formula is C22H15F6N5. The van der Waals surface area contributed by atoms with E-state index in [4.69, 9.17) is 11.3 Å². The number of nitrogens with one attached hydrogen (secondary N) is 1. The number of aromatic nitrogens is 1. The molecule has 0 bridgehead atoms. The summed E-state index contributed by atoms with van der Waals surface area (Å²) in [6, 6.07) is 13.5. The molecule has 0 saturated heterocycles. The van der Waals surface area contributed by atoms with Crippen LogP contribution in [0.1, 0.15) is 22.3 Å². The summed E-state index contributed by atoms with van der Waals surface area (Å²) in [4.78, 5) is 0. The molecule has 5 nitrogen and oxygen atoms in total. The Kier molecular flexibility index (Phi) is 5.35. The van der Waals surface area contributed by atoms with Crippen molar-refractivity contribution >= 4 is 27.6 Å². The molecule has 3 aromatic carbocycles. The van der Waals surface area contributed by atoms with Crippen molar-refractivity contribution in [1.29, 1.82) is 5.53 Å². The van der Waals surface area contributed by atoms with Crippen molar-refractivity contribution in [3.05, 3.63) is 82.9 Å². The van der Waals surface area contributed by atoms with Crippen LogP contribution < -0.4 is 5.73 Å². The molecule has 0 saturated carbocycles. The molecule has 4 aromatic rings. The Morgan fingerprint density at radius 1 is 0.848 bits per heavy atom. The Bertz CT molecular complexity index is 1400. The van der Waals surface area contributed by atoms with Crippen molar-refractivity contribution in [2.75, 3.05) is 0 Å². The lowest BCUT2D eigenvalue weighted by Gasteiger charge is -2.17. The zero-order valence-corrected chi connectivity index (χ0v) is 16.7. The Morgan fingerprint density at radius 3 is 2.21 bits per heavy atom. The van der Waals surface area contributed by atoms with E-state index in [-0.39, 0.29) is 24.0 Å². The van der Waals surface area contributed by atoms with Crippen LogP contribution in [0.15, 0.2) is 71.0 Å². The highest BCUT2D eigenvalue weighted by Gasteiger charge is 2.38. The minimum atomic E-state index is -4.97. The number of halogens is 6. The van der Waals surface area contributed by atoms with Crippen LogP contribution in [0.4, 0.5) is 26.3 Å². The molecule has 0 amide bonds. The summed E-state index contributed by atoms with van der Waals surface area (Å²) >= 11 is 0. The number of fused-ring (bicyclic) bond motifs is 3. The second-order valence-electron chi connectivity index (χ2n) is 7.29. The van der Waals surface area contributed by atoms with Gasteiger partial charge < -0.3 is 10.3 Å². The SMILES string of the molecule is N=N/N=C(\N)c1ccc2c(c1)c1ccccc1n2Cc1ccc(C(F)(F)F)cc1C(F)(F)F. The monoisotopic (exact) mass is 463 g/mol. The predicted molar refractivity (Wildman–Crippen MR) is 111 cm³/mol. The number of benzene rings is 3. The van der Waals surface area contributed by atoms with Crippen LogP contribution in [0, 0.1) is 5.53 Å². The van der Waals surface area contributed by atoms with Gasteiger partial charge in [-0.15, -0.1) is 5.10 Å². The Morgan fingerprint density at radius 2 is 1.55 bits per heavy atom. The molecule has 0 radical (unpaired) electrons. The highest BCUT2D eigenvalue weighted by molar-refractivity contribution is 6.11. The fourth-order valence-electron chi connectivity index (χ4n) is 3.82. The quantitative estimate of drug-likeness (QED) is 0.117. The van der Waals surface area contributed by atoms with Crippen molar-refractivity contribution in [1.82, 2.24) is 4.57 Å². The smallest absolute Gasteiger partial charge is 0.382 e. The Balaban J connectivity index is 1.92. The second kappa shape index (κ2) is 7.91. The number of hydrogen-bond acceptors (Lipinski definition) is 2. The van der Waals surface area contributed by atoms with Crippen LogP contribution in [-0.4, -0.2) is 10.4 Å². The van der Waals surface area contributed by atoms with Crippen LogP contribution in [0.5, 0.6) is 0 Å². The number of hydrogen-bond donors (Lipinski definition) is 2. The molecule has 0 unspecified atom stereocenters. The predicted octanol–water partition coefficient (Wildman–Crippen LogP) is 6.53. The lowest BCUT2D eigenvalue weighted by Crippen LogP contribution is -2.15. The lowest BCUT2D eigenvalue weighted by molar-refractivity contribution is -0.143. The first kappa shape index (κ1) is 22.3. The highest BCUT2D eigenvalue weighted by Crippen LogP contribution is 2.39. The largest absolute Gasteiger partial charge is 0.416 e. The molecular weight excluding hydrogens is 448 g/mol. The van der Waals surface area contributed by atoms with Gasteiger partial charge in [-0.25, -0.2) is 0 Å². The molecule has 33 heavy (non-hydrogen) atoms. The number of alkyl halides is 6. The number of nitrogens with two attached hydrogens (primary N) is 1. The normalized spacial score (nSPS) is 13.1. The standard InChI is InChI=1S/C22H15F6N5/c23-21(24,25)14-7-5-13(17(10-14)22(26,27)28)11-33-18-4-2-1-3-15(18)16-9-12(6-8-19(16)33)20(29)31-32-30/h1-10H,11H2,(H3,29,30,31). The molecule has 170 valence electrons. The van der Waals surface area contributed by atoms with Gasteiger partial charge in [-0.1, -0.05) is 29.5 Å². The molecule has 11 heteroatoms. The zero-order chi connectivity index (χ0) is 24.0. The van der Waals surface area contributed by atoms with Gasteiger partial charge in [-0.2, -0.15) is 31.9 Å². The average Bonchev–Trinajstić information content (AvgIpc) is 3.06. The van der Waals surface area contributed by atoms with Crippen molar-refractivity contribution in [3.8, 4) is 0 Å². The van der Waals surface area contributed by atoms with E-state index in [2.05, 4.69) is 10.3 Å². The summed E-state index contributed by atoms with van der Waals surface area (Å²) in [6.07, 6.45) is -9.86. The number of rotatable bonds is 4. The fourth-order valence-corrected chi connectivity index (χ4v) is 3.82. The molecule has 3 N–H and O–H groups in total. The molecule has 0 aliphatic carbocycles. The number of nitrogens with zero attached hydrogens (tertiary/aromatic N) is 3. The van der Waals surface area contributed by atoms with Gasteiger partial charge in [-0.3, -0.25) is 0 Å². The van der Waals surface area contributed by atoms with Crippen LogP contribution in [0.2, 0.25) is 0 Å². The summed E-state index contributed by atoms with van der Waals surface area (Å²) in [5.74, 6) is -0.00849. The van der Waals surface area contributed by atoms with Crippen molar-refractivity contribution in [3.63, 3.8) is 0 Å². The molecule has 0 fully saturated rings. The Hall–Kier alpha value is -3.89. The van der Waals surface area contributed by atoms with Crippen molar-refractivity contribution in [2.24, 2.45) is 16.1 Å². The van der Waals surface area contributed by atoms with E-state index in [0.29, 0.717) is 33.4 Å². The third-order valence-corrected chi connectivity index (χ3v) is 5.30. The molecule has 4 rings (SSSR count). The van der Waals surface area contributed by atoms with Crippen LogP contribution >= 0.6 is 0 Å². The Labute approximate surface area is 182 Å². The van der Waals surface area contributed by atoms with Gasteiger partial charge in [0.2, 0.25) is 0 Å². The summed E-state index contributed by atoms with van der Waals surface area (Å²) in [7, 11) is 0. The third-order valence-electron chi connectivity index (χ3n) is 5.30. The maximum atomic E-state index is 13.7. The first-order chi connectivity index (χ1) is 15.5. The fraction of sp³-hybridized carbons (Fsp3) is 0.136. The highest BCUT2D eigenvalue weighted by atomic mass is 19.4. The van der Waals surface area contributed by atoms with Gasteiger partial charge in [0, 0.05) is 33.9 Å². The van der Waals surface area contributed by atoms with Crippen molar-refractivity contribution in [2.45, 2.75) is 18.9 Å². The van der Waals surface area contributed by atoms with E-state index in [1.807, 2.05) is 0 Å². The van der Waals surface area contributed by atoms with Crippen LogP contribution in [0.3, 0.4) is 0 Å². The van der Waals surface area contributed by atoms with Crippen LogP contribution in [-0.2, 0) is 18.9 Å². The second-order valence-corrected chi connectivity index (χ2v) is 7.29. The van der Waals surface area contributed by atoms with Gasteiger partial charge in [0.1, 0.15) is 0 Å². The number of amidine groups is 1. The molecule has 0 aliphatic heterocycles. The molecule has 1 heterocycles. The van der Waals surface area contributed by atoms with E-state index in [1.165, 1.54) is 0 Å². The summed E-state index contributed by atoms with van der Waals surface area (Å²) in [5.41, 5.74) is 11.2. The van der Waals surface area contributed by atoms with E-state index in [9.17, 15) is 26.3 Å². The van der Waals surface area contributed by atoms with Gasteiger partial charge in [-0.05, 0) is 42.0 Å². The van der Waals surface area contributed by atoms with E-state index in [1.54, 1.807) is 47.0 Å². The molecule has 0 spiro atoms. The molecule has 0 aliphatic rings. The average molecular weight is 463 g/mol. The summed E-state index contributed by atoms with van der Waals surface area (Å²) < 4.78 is 81.7. The maximum absolute atomic E-state index is 13.7. The van der Waals surface area contributed by atoms with E-state index >= 15 is 0 Å². The zero-order valence-electron chi connectivity index (χ0n) is 16.7. The van der Waals surface area contributed by atoms with Gasteiger partial charge >= 0.3 is 12.4 Å². The molecule has 0 atom stereocenters. The first-order valence-corrected chi connectivity index (χ1v) is 9.49. The van der Waals surface area contributed by atoms with Crippen LogP contribution in [0.25, 0.3) is 21.8 Å². The topological polar surface area (TPSA) is 79.5 Å². The minimum absolute atomic E-state index is 0.00849. The maximum Gasteiger partial charge on any atom is 0.416 e. The van der Waals surface area contributed by atoms with E-state index < -0.39 is 23.5 Å². The van der Waals surface area contributed by atoms with Gasteiger partial charge in [0.05, 0.1) is 11.1 Å². The van der Waals surface area contributed by atoms with E-state index in [0.717, 1.165) is 6.07 Å². The third kappa shape index (κ3) is 4.13. The summed E-state index contributed by atoms with van der Waals surface area (Å²) in [6.45, 7) is -0.304. The number of para-hydroxylation sites is 1. The van der Waals surface area contributed by atoms with Gasteiger partial charge in [0.15, 0.2) is 5.84 Å². The summed E-state index contributed by atoms with van der Waals surface area (Å²) in [5, 5.41) is 7.75. The molecule has 1 aromatic heterocycles. The van der Waals surface area contributed by atoms with Crippen molar-refractivity contribution < 1.29 is 26.3 Å². The first-order valence-electron chi connectivity index (χ1n) is 9.49. The van der Waals surface area contributed by atoms with Gasteiger partial charge in [0.25, 0.3) is 0 Å².